The van der Waals surface area contributed by atoms with Gasteiger partial charge in [-0.15, -0.1) is 0 Å². The second-order valence-electron chi connectivity index (χ2n) is 5.76. The van der Waals surface area contributed by atoms with Crippen LogP contribution in [0.5, 0.6) is 0 Å². The predicted octanol–water partition coefficient (Wildman–Crippen LogP) is 4.60. The average Bonchev–Trinajstić information content (AvgIpc) is 2.47. The van der Waals surface area contributed by atoms with Crippen LogP contribution in [-0.4, -0.2) is 13.0 Å². The standard InChI is InChI=1S/C18H22O3S/c1-5-12(2)6-7-15-8-9-17-13(3)14(4)18(22(19,20)21)11-16(17)10-15/h8-11H,2,5-7H2,1,3-4H3,(H,19,20,21). The first-order chi connectivity index (χ1) is 10.2. The molecule has 0 fully saturated rings. The van der Waals surface area contributed by atoms with Crippen LogP contribution in [0.15, 0.2) is 41.3 Å². The van der Waals surface area contributed by atoms with Crippen LogP contribution >= 0.6 is 0 Å². The topological polar surface area (TPSA) is 54.4 Å². The van der Waals surface area contributed by atoms with E-state index in [-0.39, 0.29) is 4.90 Å². The molecule has 0 spiro atoms. The van der Waals surface area contributed by atoms with Gasteiger partial charge in [0.15, 0.2) is 0 Å². The molecule has 22 heavy (non-hydrogen) atoms. The molecule has 2 aromatic rings. The Balaban J connectivity index is 2.52. The van der Waals surface area contributed by atoms with Gasteiger partial charge in [-0.3, -0.25) is 4.55 Å². The molecule has 118 valence electrons. The van der Waals surface area contributed by atoms with Crippen LogP contribution in [0.2, 0.25) is 0 Å². The van der Waals surface area contributed by atoms with Crippen molar-refractivity contribution in [2.75, 3.05) is 0 Å². The van der Waals surface area contributed by atoms with Gasteiger partial charge in [-0.05, 0) is 66.6 Å². The Morgan fingerprint density at radius 1 is 1.18 bits per heavy atom. The molecule has 0 heterocycles. The SMILES string of the molecule is C=C(CC)CCc1ccc2c(C)c(C)c(S(=O)(=O)O)cc2c1. The zero-order valence-corrected chi connectivity index (χ0v) is 14.1. The molecule has 0 unspecified atom stereocenters. The quantitative estimate of drug-likeness (QED) is 0.647. The first kappa shape index (κ1) is 16.7. The highest BCUT2D eigenvalue weighted by Crippen LogP contribution is 2.29. The molecule has 1 N–H and O–H groups in total. The normalized spacial score (nSPS) is 11.8. The minimum Gasteiger partial charge on any atom is -0.282 e. The minimum absolute atomic E-state index is 0.00684. The molecule has 2 rings (SSSR count). The smallest absolute Gasteiger partial charge is 0.282 e. The van der Waals surface area contributed by atoms with Crippen LogP contribution in [0.1, 0.15) is 36.5 Å². The molecular formula is C18H22O3S. The average molecular weight is 318 g/mol. The van der Waals surface area contributed by atoms with E-state index < -0.39 is 10.1 Å². The fourth-order valence-corrected chi connectivity index (χ4v) is 3.45. The molecule has 0 aliphatic heterocycles. The van der Waals surface area contributed by atoms with Gasteiger partial charge in [-0.2, -0.15) is 8.42 Å². The molecule has 0 aromatic heterocycles. The third-order valence-electron chi connectivity index (χ3n) is 4.28. The summed E-state index contributed by atoms with van der Waals surface area (Å²) in [5.74, 6) is 0. The summed E-state index contributed by atoms with van der Waals surface area (Å²) < 4.78 is 32.5. The highest BCUT2D eigenvalue weighted by molar-refractivity contribution is 7.85. The van der Waals surface area contributed by atoms with Crippen LogP contribution in [0, 0.1) is 13.8 Å². The maximum Gasteiger partial charge on any atom is 0.294 e. The lowest BCUT2D eigenvalue weighted by Gasteiger charge is -2.12. The van der Waals surface area contributed by atoms with E-state index in [0.29, 0.717) is 5.56 Å². The number of aryl methyl sites for hydroxylation is 2. The van der Waals surface area contributed by atoms with Crippen molar-refractivity contribution in [3.8, 4) is 0 Å². The maximum atomic E-state index is 11.5. The summed E-state index contributed by atoms with van der Waals surface area (Å²) in [6, 6.07) is 7.66. The fourth-order valence-electron chi connectivity index (χ4n) is 2.63. The molecule has 0 bridgehead atoms. The fraction of sp³-hybridized carbons (Fsp3) is 0.333. The first-order valence-corrected chi connectivity index (χ1v) is 8.85. The van der Waals surface area contributed by atoms with Gasteiger partial charge in [0.1, 0.15) is 0 Å². The molecule has 0 saturated carbocycles. The summed E-state index contributed by atoms with van der Waals surface area (Å²) in [6.45, 7) is 9.70. The van der Waals surface area contributed by atoms with E-state index in [4.69, 9.17) is 0 Å². The number of rotatable bonds is 5. The lowest BCUT2D eigenvalue weighted by Crippen LogP contribution is -2.03. The van der Waals surface area contributed by atoms with Gasteiger partial charge >= 0.3 is 0 Å². The van der Waals surface area contributed by atoms with Gasteiger partial charge in [-0.1, -0.05) is 37.3 Å². The van der Waals surface area contributed by atoms with Crippen molar-refractivity contribution in [3.63, 3.8) is 0 Å². The van der Waals surface area contributed by atoms with Gasteiger partial charge < -0.3 is 0 Å². The van der Waals surface area contributed by atoms with Crippen molar-refractivity contribution in [2.45, 2.75) is 44.9 Å². The van der Waals surface area contributed by atoms with Crippen LogP contribution in [0.4, 0.5) is 0 Å². The molecule has 2 aromatic carbocycles. The van der Waals surface area contributed by atoms with Crippen LogP contribution in [0.3, 0.4) is 0 Å². The predicted molar refractivity (Wildman–Crippen MR) is 91.0 cm³/mol. The largest absolute Gasteiger partial charge is 0.294 e. The van der Waals surface area contributed by atoms with Crippen molar-refractivity contribution in [1.29, 1.82) is 0 Å². The van der Waals surface area contributed by atoms with E-state index in [9.17, 15) is 13.0 Å². The summed E-state index contributed by atoms with van der Waals surface area (Å²) in [5.41, 5.74) is 3.84. The summed E-state index contributed by atoms with van der Waals surface area (Å²) in [5, 5.41) is 1.86. The van der Waals surface area contributed by atoms with E-state index in [1.807, 2.05) is 19.1 Å². The lowest BCUT2D eigenvalue weighted by molar-refractivity contribution is 0.482. The van der Waals surface area contributed by atoms with Crippen molar-refractivity contribution in [2.24, 2.45) is 0 Å². The molecule has 4 heteroatoms. The van der Waals surface area contributed by atoms with E-state index in [0.717, 1.165) is 41.2 Å². The molecule has 0 amide bonds. The van der Waals surface area contributed by atoms with Gasteiger partial charge in [-0.25, -0.2) is 0 Å². The maximum absolute atomic E-state index is 11.5. The van der Waals surface area contributed by atoms with Crippen LogP contribution in [-0.2, 0) is 16.5 Å². The van der Waals surface area contributed by atoms with E-state index in [2.05, 4.69) is 19.6 Å². The highest BCUT2D eigenvalue weighted by atomic mass is 32.2. The zero-order chi connectivity index (χ0) is 16.5. The summed E-state index contributed by atoms with van der Waals surface area (Å²) in [4.78, 5) is -0.00684. The first-order valence-electron chi connectivity index (χ1n) is 7.41. The van der Waals surface area contributed by atoms with Crippen LogP contribution < -0.4 is 0 Å². The van der Waals surface area contributed by atoms with Crippen LogP contribution in [0.25, 0.3) is 10.8 Å². The molecule has 0 radical (unpaired) electrons. The van der Waals surface area contributed by atoms with E-state index >= 15 is 0 Å². The van der Waals surface area contributed by atoms with Crippen molar-refractivity contribution < 1.29 is 13.0 Å². The van der Waals surface area contributed by atoms with Crippen molar-refractivity contribution >= 4 is 20.9 Å². The second kappa shape index (κ2) is 6.23. The number of hydrogen-bond donors (Lipinski definition) is 1. The van der Waals surface area contributed by atoms with Gasteiger partial charge in [0.2, 0.25) is 0 Å². The number of fused-ring (bicyclic) bond motifs is 1. The monoisotopic (exact) mass is 318 g/mol. The Labute approximate surface area is 132 Å². The summed E-state index contributed by atoms with van der Waals surface area (Å²) >= 11 is 0. The summed E-state index contributed by atoms with van der Waals surface area (Å²) in [6.07, 6.45) is 2.79. The number of allylic oxidation sites excluding steroid dienone is 1. The van der Waals surface area contributed by atoms with E-state index in [1.165, 1.54) is 5.57 Å². The Bertz CT molecular complexity index is 833. The van der Waals surface area contributed by atoms with Gasteiger partial charge in [0, 0.05) is 0 Å². The van der Waals surface area contributed by atoms with Gasteiger partial charge in [0.05, 0.1) is 4.90 Å². The number of benzene rings is 2. The molecule has 0 aliphatic carbocycles. The number of hydrogen-bond acceptors (Lipinski definition) is 2. The van der Waals surface area contributed by atoms with Gasteiger partial charge in [0.25, 0.3) is 10.1 Å². The Morgan fingerprint density at radius 2 is 1.86 bits per heavy atom. The Hall–Kier alpha value is -1.65. The Morgan fingerprint density at radius 3 is 2.45 bits per heavy atom. The van der Waals surface area contributed by atoms with Crippen molar-refractivity contribution in [3.05, 3.63) is 53.1 Å². The third kappa shape index (κ3) is 3.39. The van der Waals surface area contributed by atoms with E-state index in [1.54, 1.807) is 13.0 Å². The Kier molecular flexibility index (Phi) is 4.73. The molecule has 3 nitrogen and oxygen atoms in total. The molecule has 0 aliphatic rings. The zero-order valence-electron chi connectivity index (χ0n) is 13.3. The molecular weight excluding hydrogens is 296 g/mol. The second-order valence-corrected chi connectivity index (χ2v) is 7.15. The van der Waals surface area contributed by atoms with Crippen molar-refractivity contribution in [1.82, 2.24) is 0 Å². The summed E-state index contributed by atoms with van der Waals surface area (Å²) in [7, 11) is -4.20. The molecule has 0 atom stereocenters. The molecule has 0 saturated heterocycles. The lowest BCUT2D eigenvalue weighted by atomic mass is 9.97. The highest BCUT2D eigenvalue weighted by Gasteiger charge is 2.16. The third-order valence-corrected chi connectivity index (χ3v) is 5.26. The minimum atomic E-state index is -4.20.